The lowest BCUT2D eigenvalue weighted by atomic mass is 9.43. The minimum Gasteiger partial charge on any atom is -0.393 e. The molecule has 4 aliphatic carbocycles. The molecule has 0 bridgehead atoms. The average Bonchev–Trinajstić information content (AvgIpc) is 2.85. The summed E-state index contributed by atoms with van der Waals surface area (Å²) < 4.78 is 0. The molecule has 4 rings (SSSR count). The van der Waals surface area contributed by atoms with Gasteiger partial charge in [0.25, 0.3) is 0 Å². The quantitative estimate of drug-likeness (QED) is 0.723. The molecule has 0 aromatic heterocycles. The number of hydrogen-bond acceptors (Lipinski definition) is 3. The summed E-state index contributed by atoms with van der Waals surface area (Å²) in [7, 11) is 0. The van der Waals surface area contributed by atoms with E-state index >= 15 is 0 Å². The molecule has 0 radical (unpaired) electrons. The Morgan fingerprint density at radius 3 is 2.50 bits per heavy atom. The van der Waals surface area contributed by atoms with Crippen LogP contribution in [0.2, 0.25) is 0 Å². The first-order valence-corrected chi connectivity index (χ1v) is 10.8. The third-order valence-electron chi connectivity index (χ3n) is 9.46. The highest BCUT2D eigenvalue weighted by Crippen LogP contribution is 2.69. The van der Waals surface area contributed by atoms with Crippen molar-refractivity contribution in [2.24, 2.45) is 34.5 Å². The summed E-state index contributed by atoms with van der Waals surface area (Å²) in [6.07, 6.45) is 13.1. The molecule has 8 unspecified atom stereocenters. The van der Waals surface area contributed by atoms with E-state index in [9.17, 15) is 15.0 Å². The van der Waals surface area contributed by atoms with Gasteiger partial charge in [0.1, 0.15) is 0 Å². The summed E-state index contributed by atoms with van der Waals surface area (Å²) in [4.78, 5) is 11.4. The predicted molar refractivity (Wildman–Crippen MR) is 103 cm³/mol. The Hall–Kier alpha value is -0.670. The van der Waals surface area contributed by atoms with Gasteiger partial charge in [-0.2, -0.15) is 0 Å². The molecule has 0 saturated heterocycles. The molecule has 4 aliphatic rings. The lowest BCUT2D eigenvalue weighted by Gasteiger charge is -2.63. The Balaban J connectivity index is 1.63. The summed E-state index contributed by atoms with van der Waals surface area (Å²) in [6, 6.07) is 0. The zero-order chi connectivity index (χ0) is 18.7. The molecule has 2 N–H and O–H groups in total. The highest BCUT2D eigenvalue weighted by atomic mass is 16.3. The van der Waals surface area contributed by atoms with Gasteiger partial charge in [0.05, 0.1) is 11.7 Å². The number of allylic oxidation sites excluding steroid dienone is 2. The number of ketones is 1. The second kappa shape index (κ2) is 6.17. The molecule has 3 nitrogen and oxygen atoms in total. The number of carbonyl (C=O) groups excluding carboxylic acids is 1. The molecule has 0 aromatic carbocycles. The predicted octanol–water partition coefficient (Wildman–Crippen LogP) is 4.27. The van der Waals surface area contributed by atoms with Crippen molar-refractivity contribution in [3.05, 3.63) is 12.2 Å². The van der Waals surface area contributed by atoms with Crippen molar-refractivity contribution in [1.29, 1.82) is 0 Å². The van der Waals surface area contributed by atoms with Crippen LogP contribution >= 0.6 is 0 Å². The van der Waals surface area contributed by atoms with Crippen molar-refractivity contribution in [2.45, 2.75) is 90.3 Å². The van der Waals surface area contributed by atoms with E-state index < -0.39 is 5.60 Å². The van der Waals surface area contributed by atoms with Crippen molar-refractivity contribution >= 4 is 5.78 Å². The van der Waals surface area contributed by atoms with Crippen molar-refractivity contribution in [3.8, 4) is 0 Å². The fourth-order valence-corrected chi connectivity index (χ4v) is 7.80. The van der Waals surface area contributed by atoms with Crippen LogP contribution in [0.3, 0.4) is 0 Å². The van der Waals surface area contributed by atoms with Gasteiger partial charge in [-0.25, -0.2) is 0 Å². The van der Waals surface area contributed by atoms with Crippen LogP contribution in [0.1, 0.15) is 78.6 Å². The third kappa shape index (κ3) is 2.49. The van der Waals surface area contributed by atoms with Crippen molar-refractivity contribution < 1.29 is 15.0 Å². The smallest absolute Gasteiger partial charge is 0.152 e. The van der Waals surface area contributed by atoms with E-state index in [-0.39, 0.29) is 22.7 Å². The van der Waals surface area contributed by atoms with E-state index in [2.05, 4.69) is 19.9 Å². The van der Waals surface area contributed by atoms with Gasteiger partial charge >= 0.3 is 0 Å². The van der Waals surface area contributed by atoms with Crippen LogP contribution in [0.5, 0.6) is 0 Å². The van der Waals surface area contributed by atoms with Gasteiger partial charge in [-0.15, -0.1) is 0 Å². The number of aliphatic hydroxyl groups excluding tert-OH is 1. The zero-order valence-corrected chi connectivity index (χ0v) is 16.7. The Bertz CT molecular complexity index is 613. The summed E-state index contributed by atoms with van der Waals surface area (Å²) in [5, 5.41) is 22.1. The maximum Gasteiger partial charge on any atom is 0.152 e. The van der Waals surface area contributed by atoms with Crippen molar-refractivity contribution in [1.82, 2.24) is 0 Å². The molecule has 3 heteroatoms. The molecule has 0 spiro atoms. The first-order chi connectivity index (χ1) is 12.2. The van der Waals surface area contributed by atoms with E-state index in [1.807, 2.05) is 0 Å². The highest BCUT2D eigenvalue weighted by molar-refractivity contribution is 5.87. The van der Waals surface area contributed by atoms with Crippen LogP contribution in [0.15, 0.2) is 12.2 Å². The molecule has 26 heavy (non-hydrogen) atoms. The average molecular weight is 361 g/mol. The van der Waals surface area contributed by atoms with Gasteiger partial charge in [-0.05, 0) is 99.9 Å². The largest absolute Gasteiger partial charge is 0.393 e. The zero-order valence-electron chi connectivity index (χ0n) is 16.7. The molecule has 8 atom stereocenters. The fraction of sp³-hybridized carbons (Fsp3) is 0.870. The Kier molecular flexibility index (Phi) is 4.43. The van der Waals surface area contributed by atoms with E-state index in [0.717, 1.165) is 51.4 Å². The van der Waals surface area contributed by atoms with Gasteiger partial charge < -0.3 is 10.2 Å². The summed E-state index contributed by atoms with van der Waals surface area (Å²) in [5.41, 5.74) is -0.407. The monoisotopic (exact) mass is 360 g/mol. The molecular formula is C23H36O3. The molecule has 0 amide bonds. The second-order valence-corrected chi connectivity index (χ2v) is 10.4. The van der Waals surface area contributed by atoms with Gasteiger partial charge in [-0.3, -0.25) is 4.79 Å². The maximum absolute atomic E-state index is 12.0. The van der Waals surface area contributed by atoms with Crippen LogP contribution in [0.4, 0.5) is 0 Å². The van der Waals surface area contributed by atoms with Gasteiger partial charge in [0.2, 0.25) is 0 Å². The molecule has 4 saturated carbocycles. The molecule has 0 aliphatic heterocycles. The van der Waals surface area contributed by atoms with Crippen LogP contribution < -0.4 is 0 Å². The van der Waals surface area contributed by atoms with E-state index in [4.69, 9.17) is 0 Å². The molecular weight excluding hydrogens is 324 g/mol. The van der Waals surface area contributed by atoms with Crippen LogP contribution in [0.25, 0.3) is 0 Å². The molecule has 0 heterocycles. The molecule has 0 aromatic rings. The first kappa shape index (κ1) is 18.7. The minimum atomic E-state index is -0.592. The Labute approximate surface area is 158 Å². The summed E-state index contributed by atoms with van der Waals surface area (Å²) >= 11 is 0. The van der Waals surface area contributed by atoms with E-state index in [1.54, 1.807) is 13.0 Å². The molecule has 4 fully saturated rings. The Morgan fingerprint density at radius 2 is 1.77 bits per heavy atom. The Morgan fingerprint density at radius 1 is 1.00 bits per heavy atom. The van der Waals surface area contributed by atoms with Crippen LogP contribution in [0, 0.1) is 34.5 Å². The normalized spacial score (nSPS) is 53.8. The summed E-state index contributed by atoms with van der Waals surface area (Å²) in [6.45, 7) is 6.34. The maximum atomic E-state index is 12.0. The van der Waals surface area contributed by atoms with E-state index in [1.165, 1.54) is 6.42 Å². The topological polar surface area (TPSA) is 57.5 Å². The standard InChI is InChI=1S/C23H36O3/c1-15(24)4-5-16-8-13-23(26)20-7-6-17-14-18(25)9-11-21(17,2)19(20)10-12-22(16,23)3/h4-5,16-20,25-26H,6-14H2,1-3H3/b5-4+. The first-order valence-electron chi connectivity index (χ1n) is 10.8. The van der Waals surface area contributed by atoms with Crippen molar-refractivity contribution in [3.63, 3.8) is 0 Å². The van der Waals surface area contributed by atoms with Crippen molar-refractivity contribution in [2.75, 3.05) is 0 Å². The number of rotatable bonds is 2. The summed E-state index contributed by atoms with van der Waals surface area (Å²) in [5.74, 6) is 2.01. The SMILES string of the molecule is CC(=O)/C=C/C1CCC2(O)C3CCC4CC(O)CCC4(C)C3CCC12C. The van der Waals surface area contributed by atoms with Gasteiger partial charge in [-0.1, -0.05) is 19.9 Å². The number of fused-ring (bicyclic) bond motifs is 5. The second-order valence-electron chi connectivity index (χ2n) is 10.4. The van der Waals surface area contributed by atoms with Gasteiger partial charge in [0.15, 0.2) is 5.78 Å². The molecule has 146 valence electrons. The number of aliphatic hydroxyl groups is 2. The lowest BCUT2D eigenvalue weighted by Crippen LogP contribution is -2.62. The van der Waals surface area contributed by atoms with Crippen LogP contribution in [-0.4, -0.2) is 27.7 Å². The number of carbonyl (C=O) groups is 1. The minimum absolute atomic E-state index is 0.0997. The van der Waals surface area contributed by atoms with Gasteiger partial charge in [0, 0.05) is 5.41 Å². The van der Waals surface area contributed by atoms with Crippen LogP contribution in [-0.2, 0) is 4.79 Å². The fourth-order valence-electron chi connectivity index (χ4n) is 7.80. The highest BCUT2D eigenvalue weighted by Gasteiger charge is 2.66. The number of hydrogen-bond donors (Lipinski definition) is 2. The third-order valence-corrected chi connectivity index (χ3v) is 9.46. The lowest BCUT2D eigenvalue weighted by molar-refractivity contribution is -0.207. The van der Waals surface area contributed by atoms with E-state index in [0.29, 0.717) is 23.7 Å².